The molecule has 1 saturated carbocycles. The first-order valence-electron chi connectivity index (χ1n) is 6.74. The summed E-state index contributed by atoms with van der Waals surface area (Å²) in [4.78, 5) is 11.2. The minimum Gasteiger partial charge on any atom is -0.462 e. The molecular weight excluding hydrogens is 212 g/mol. The molecule has 0 aromatic rings. The molecule has 0 bridgehead atoms. The van der Waals surface area contributed by atoms with Gasteiger partial charge in [-0.1, -0.05) is 32.4 Å². The lowest BCUT2D eigenvalue weighted by Gasteiger charge is -2.51. The van der Waals surface area contributed by atoms with Gasteiger partial charge in [-0.15, -0.1) is 0 Å². The van der Waals surface area contributed by atoms with Gasteiger partial charge in [-0.2, -0.15) is 0 Å². The summed E-state index contributed by atoms with van der Waals surface area (Å²) in [5.74, 6) is -0.150. The van der Waals surface area contributed by atoms with Crippen LogP contribution in [0.15, 0.2) is 11.6 Å². The second kappa shape index (κ2) is 4.15. The average molecular weight is 236 g/mol. The van der Waals surface area contributed by atoms with Gasteiger partial charge in [-0.05, 0) is 37.5 Å². The summed E-state index contributed by atoms with van der Waals surface area (Å²) >= 11 is 0. The average Bonchev–Trinajstić information content (AvgIpc) is 2.22. The fraction of sp³-hybridized carbons (Fsp3) is 0.800. The number of esters is 1. The third-order valence-corrected chi connectivity index (χ3v) is 4.70. The van der Waals surface area contributed by atoms with Crippen molar-refractivity contribution >= 4 is 5.97 Å². The van der Waals surface area contributed by atoms with E-state index >= 15 is 0 Å². The van der Waals surface area contributed by atoms with Crippen LogP contribution in [0, 0.1) is 10.8 Å². The van der Waals surface area contributed by atoms with E-state index < -0.39 is 0 Å². The van der Waals surface area contributed by atoms with Gasteiger partial charge in [0.25, 0.3) is 0 Å². The molecule has 2 aliphatic rings. The predicted octanol–water partition coefficient (Wildman–Crippen LogP) is 3.85. The fourth-order valence-corrected chi connectivity index (χ4v) is 3.81. The Morgan fingerprint density at radius 3 is 2.71 bits per heavy atom. The maximum absolute atomic E-state index is 11.2. The van der Waals surface area contributed by atoms with Crippen LogP contribution in [-0.4, -0.2) is 12.1 Å². The van der Waals surface area contributed by atoms with Crippen LogP contribution >= 0.6 is 0 Å². The molecule has 0 radical (unpaired) electrons. The van der Waals surface area contributed by atoms with E-state index in [1.54, 1.807) is 0 Å². The Morgan fingerprint density at radius 2 is 2.06 bits per heavy atom. The van der Waals surface area contributed by atoms with Gasteiger partial charge >= 0.3 is 5.97 Å². The largest absolute Gasteiger partial charge is 0.462 e. The molecule has 2 nitrogen and oxygen atoms in total. The molecule has 2 aliphatic carbocycles. The van der Waals surface area contributed by atoms with Crippen molar-refractivity contribution in [2.24, 2.45) is 10.8 Å². The minimum atomic E-state index is -0.150. The van der Waals surface area contributed by atoms with Crippen molar-refractivity contribution in [1.29, 1.82) is 0 Å². The Bertz CT molecular complexity index is 354. The van der Waals surface area contributed by atoms with E-state index in [-0.39, 0.29) is 17.5 Å². The zero-order chi connectivity index (χ0) is 12.7. The second-order valence-corrected chi connectivity index (χ2v) is 6.43. The van der Waals surface area contributed by atoms with Crippen LogP contribution in [-0.2, 0) is 9.53 Å². The van der Waals surface area contributed by atoms with E-state index in [0.29, 0.717) is 5.41 Å². The molecule has 0 aromatic carbocycles. The molecule has 0 aliphatic heterocycles. The summed E-state index contributed by atoms with van der Waals surface area (Å²) in [5, 5.41) is 0. The van der Waals surface area contributed by atoms with Gasteiger partial charge in [0, 0.05) is 12.3 Å². The third kappa shape index (κ3) is 2.14. The Labute approximate surface area is 104 Å². The van der Waals surface area contributed by atoms with Crippen LogP contribution in [0.1, 0.15) is 59.8 Å². The number of ether oxygens (including phenoxy) is 1. The minimum absolute atomic E-state index is 0.000903. The van der Waals surface area contributed by atoms with Gasteiger partial charge < -0.3 is 4.74 Å². The molecule has 0 amide bonds. The molecule has 0 unspecified atom stereocenters. The topological polar surface area (TPSA) is 26.3 Å². The third-order valence-electron chi connectivity index (χ3n) is 4.70. The van der Waals surface area contributed by atoms with E-state index in [2.05, 4.69) is 26.8 Å². The molecule has 2 atom stereocenters. The van der Waals surface area contributed by atoms with Crippen LogP contribution in [0.3, 0.4) is 0 Å². The summed E-state index contributed by atoms with van der Waals surface area (Å²) in [6.07, 6.45) is 8.38. The van der Waals surface area contributed by atoms with Gasteiger partial charge in [0.15, 0.2) is 0 Å². The molecule has 0 heterocycles. The number of fused-ring (bicyclic) bond motifs is 1. The summed E-state index contributed by atoms with van der Waals surface area (Å²) in [6.45, 7) is 8.35. The molecular formula is C15H24O2. The van der Waals surface area contributed by atoms with Crippen molar-refractivity contribution < 1.29 is 9.53 Å². The lowest BCUT2D eigenvalue weighted by molar-refractivity contribution is -0.154. The first-order valence-corrected chi connectivity index (χ1v) is 6.74. The Morgan fingerprint density at radius 1 is 1.35 bits per heavy atom. The van der Waals surface area contributed by atoms with E-state index in [0.717, 1.165) is 12.8 Å². The SMILES string of the molecule is CC(=O)O[C@@H]1CC[C@]2(C)CCCC=C2C1(C)C. The second-order valence-electron chi connectivity index (χ2n) is 6.43. The van der Waals surface area contributed by atoms with Crippen LogP contribution in [0.25, 0.3) is 0 Å². The Hall–Kier alpha value is -0.790. The molecule has 0 N–H and O–H groups in total. The zero-order valence-electron chi connectivity index (χ0n) is 11.5. The van der Waals surface area contributed by atoms with Crippen molar-refractivity contribution in [3.63, 3.8) is 0 Å². The maximum Gasteiger partial charge on any atom is 0.302 e. The smallest absolute Gasteiger partial charge is 0.302 e. The first kappa shape index (κ1) is 12.7. The molecule has 17 heavy (non-hydrogen) atoms. The molecule has 2 rings (SSSR count). The first-order chi connectivity index (χ1) is 7.86. The number of hydrogen-bond acceptors (Lipinski definition) is 2. The number of carbonyl (C=O) groups is 1. The molecule has 0 spiro atoms. The highest BCUT2D eigenvalue weighted by Gasteiger charge is 2.48. The van der Waals surface area contributed by atoms with Crippen LogP contribution in [0.2, 0.25) is 0 Å². The number of carbonyl (C=O) groups excluding carboxylic acids is 1. The summed E-state index contributed by atoms with van der Waals surface area (Å²) < 4.78 is 5.52. The van der Waals surface area contributed by atoms with Crippen molar-refractivity contribution in [2.75, 3.05) is 0 Å². The van der Waals surface area contributed by atoms with Crippen molar-refractivity contribution in [1.82, 2.24) is 0 Å². The number of hydrogen-bond donors (Lipinski definition) is 0. The molecule has 1 fully saturated rings. The van der Waals surface area contributed by atoms with Crippen LogP contribution in [0.5, 0.6) is 0 Å². The van der Waals surface area contributed by atoms with Crippen LogP contribution < -0.4 is 0 Å². The van der Waals surface area contributed by atoms with E-state index in [1.807, 2.05) is 0 Å². The highest BCUT2D eigenvalue weighted by molar-refractivity contribution is 5.66. The van der Waals surface area contributed by atoms with E-state index in [9.17, 15) is 4.79 Å². The van der Waals surface area contributed by atoms with E-state index in [4.69, 9.17) is 4.74 Å². The Balaban J connectivity index is 2.29. The summed E-state index contributed by atoms with van der Waals surface area (Å²) in [5.41, 5.74) is 1.87. The van der Waals surface area contributed by atoms with Gasteiger partial charge in [0.1, 0.15) is 6.10 Å². The quantitative estimate of drug-likeness (QED) is 0.510. The Kier molecular flexibility index (Phi) is 3.09. The highest BCUT2D eigenvalue weighted by atomic mass is 16.5. The van der Waals surface area contributed by atoms with Crippen LogP contribution in [0.4, 0.5) is 0 Å². The molecule has 2 heteroatoms. The van der Waals surface area contributed by atoms with Crippen molar-refractivity contribution in [3.8, 4) is 0 Å². The monoisotopic (exact) mass is 236 g/mol. The lowest BCUT2D eigenvalue weighted by atomic mass is 9.56. The van der Waals surface area contributed by atoms with Gasteiger partial charge in [-0.3, -0.25) is 4.79 Å². The highest BCUT2D eigenvalue weighted by Crippen LogP contribution is 2.55. The molecule has 0 aromatic heterocycles. The maximum atomic E-state index is 11.2. The number of allylic oxidation sites excluding steroid dienone is 1. The predicted molar refractivity (Wildman–Crippen MR) is 68.6 cm³/mol. The van der Waals surface area contributed by atoms with Gasteiger partial charge in [0.05, 0.1) is 0 Å². The lowest BCUT2D eigenvalue weighted by Crippen LogP contribution is -2.46. The molecule has 0 saturated heterocycles. The zero-order valence-corrected chi connectivity index (χ0v) is 11.5. The normalized spacial score (nSPS) is 35.8. The molecule has 96 valence electrons. The van der Waals surface area contributed by atoms with Gasteiger partial charge in [0.2, 0.25) is 0 Å². The van der Waals surface area contributed by atoms with E-state index in [1.165, 1.54) is 31.8 Å². The van der Waals surface area contributed by atoms with Gasteiger partial charge in [-0.25, -0.2) is 0 Å². The standard InChI is InChI=1S/C15H24O2/c1-11(16)17-13-8-10-15(4)9-6-5-7-12(15)14(13,2)3/h7,13H,5-6,8-10H2,1-4H3/t13-,15+/m1/s1. The van der Waals surface area contributed by atoms with Crippen molar-refractivity contribution in [2.45, 2.75) is 65.9 Å². The summed E-state index contributed by atoms with van der Waals surface area (Å²) in [7, 11) is 0. The summed E-state index contributed by atoms with van der Waals surface area (Å²) in [6, 6.07) is 0. The fourth-order valence-electron chi connectivity index (χ4n) is 3.81. The number of rotatable bonds is 1. The van der Waals surface area contributed by atoms with Crippen molar-refractivity contribution in [3.05, 3.63) is 11.6 Å².